The Morgan fingerprint density at radius 3 is 2.88 bits per heavy atom. The molecule has 5 heteroatoms. The number of likely N-dealkylation sites (tertiary alicyclic amines) is 1. The van der Waals surface area contributed by atoms with Crippen LogP contribution in [-0.2, 0) is 0 Å². The molecule has 16 heavy (non-hydrogen) atoms. The zero-order valence-electron chi connectivity index (χ0n) is 9.17. The number of piperidine rings is 1. The maximum Gasteiger partial charge on any atom is 0.257 e. The summed E-state index contributed by atoms with van der Waals surface area (Å²) in [6.45, 7) is 1.31. The van der Waals surface area contributed by atoms with Crippen molar-refractivity contribution in [1.82, 2.24) is 14.9 Å². The molecule has 1 aliphatic rings. The van der Waals surface area contributed by atoms with E-state index < -0.39 is 0 Å². The highest BCUT2D eigenvalue weighted by Gasteiger charge is 2.26. The first-order valence-electron chi connectivity index (χ1n) is 5.59. The predicted octanol–water partition coefficient (Wildman–Crippen LogP) is 0.430. The molecule has 1 atom stereocenters. The molecule has 1 amide bonds. The van der Waals surface area contributed by atoms with E-state index in [0.29, 0.717) is 12.1 Å². The van der Waals surface area contributed by atoms with E-state index >= 15 is 0 Å². The van der Waals surface area contributed by atoms with Crippen LogP contribution in [0.4, 0.5) is 0 Å². The van der Waals surface area contributed by atoms with Crippen LogP contribution in [0.25, 0.3) is 0 Å². The van der Waals surface area contributed by atoms with Crippen molar-refractivity contribution in [3.05, 3.63) is 24.3 Å². The molecule has 2 N–H and O–H groups in total. The van der Waals surface area contributed by atoms with Gasteiger partial charge in [0.05, 0.1) is 5.56 Å². The highest BCUT2D eigenvalue weighted by atomic mass is 16.2. The minimum Gasteiger partial charge on any atom is -0.334 e. The lowest BCUT2D eigenvalue weighted by atomic mass is 10.0. The molecule has 0 aliphatic carbocycles. The van der Waals surface area contributed by atoms with Crippen molar-refractivity contribution in [2.45, 2.75) is 25.3 Å². The molecule has 1 saturated heterocycles. The van der Waals surface area contributed by atoms with Crippen molar-refractivity contribution in [2.24, 2.45) is 5.73 Å². The van der Waals surface area contributed by atoms with Crippen LogP contribution in [-0.4, -0.2) is 39.9 Å². The minimum atomic E-state index is -0.00394. The standard InChI is InChI=1S/C11H16N4O/c12-5-10-3-1-2-4-15(10)11(16)9-6-13-8-14-7-9/h6-8,10H,1-5,12H2. The van der Waals surface area contributed by atoms with Crippen LogP contribution in [0.15, 0.2) is 18.7 Å². The summed E-state index contributed by atoms with van der Waals surface area (Å²) in [6.07, 6.45) is 7.73. The molecular formula is C11H16N4O. The average molecular weight is 220 g/mol. The predicted molar refractivity (Wildman–Crippen MR) is 59.8 cm³/mol. The maximum absolute atomic E-state index is 12.2. The van der Waals surface area contributed by atoms with Gasteiger partial charge in [0.25, 0.3) is 5.91 Å². The minimum absolute atomic E-state index is 0.00394. The van der Waals surface area contributed by atoms with Gasteiger partial charge in [-0.2, -0.15) is 0 Å². The van der Waals surface area contributed by atoms with Crippen molar-refractivity contribution < 1.29 is 4.79 Å². The second-order valence-corrected chi connectivity index (χ2v) is 4.01. The Balaban J connectivity index is 2.14. The van der Waals surface area contributed by atoms with Crippen LogP contribution in [0, 0.1) is 0 Å². The highest BCUT2D eigenvalue weighted by molar-refractivity contribution is 5.93. The van der Waals surface area contributed by atoms with Gasteiger partial charge < -0.3 is 10.6 Å². The normalized spacial score (nSPS) is 20.8. The van der Waals surface area contributed by atoms with Gasteiger partial charge in [-0.1, -0.05) is 0 Å². The first kappa shape index (κ1) is 11.0. The summed E-state index contributed by atoms with van der Waals surface area (Å²) in [5, 5.41) is 0. The zero-order chi connectivity index (χ0) is 11.4. The Hall–Kier alpha value is -1.49. The second-order valence-electron chi connectivity index (χ2n) is 4.01. The zero-order valence-corrected chi connectivity index (χ0v) is 9.17. The molecular weight excluding hydrogens is 204 g/mol. The Labute approximate surface area is 94.7 Å². The van der Waals surface area contributed by atoms with Gasteiger partial charge in [0.15, 0.2) is 0 Å². The Kier molecular flexibility index (Phi) is 3.46. The van der Waals surface area contributed by atoms with E-state index in [1.807, 2.05) is 4.90 Å². The van der Waals surface area contributed by atoms with Crippen molar-refractivity contribution in [3.8, 4) is 0 Å². The lowest BCUT2D eigenvalue weighted by Crippen LogP contribution is -2.47. The topological polar surface area (TPSA) is 72.1 Å². The Morgan fingerprint density at radius 1 is 1.44 bits per heavy atom. The smallest absolute Gasteiger partial charge is 0.257 e. The third kappa shape index (κ3) is 2.19. The fourth-order valence-electron chi connectivity index (χ4n) is 2.09. The molecule has 2 rings (SSSR count). The summed E-state index contributed by atoms with van der Waals surface area (Å²) in [5.74, 6) is -0.00394. The number of carbonyl (C=O) groups excluding carboxylic acids is 1. The van der Waals surface area contributed by atoms with E-state index in [4.69, 9.17) is 5.73 Å². The molecule has 86 valence electrons. The lowest BCUT2D eigenvalue weighted by molar-refractivity contribution is 0.0622. The molecule has 1 unspecified atom stereocenters. The molecule has 2 heterocycles. The number of aromatic nitrogens is 2. The van der Waals surface area contributed by atoms with Crippen LogP contribution < -0.4 is 5.73 Å². The second kappa shape index (κ2) is 5.03. The van der Waals surface area contributed by atoms with Crippen LogP contribution in [0.1, 0.15) is 29.6 Å². The number of nitrogens with two attached hydrogens (primary N) is 1. The maximum atomic E-state index is 12.2. The molecule has 0 radical (unpaired) electrons. The molecule has 5 nitrogen and oxygen atoms in total. The van der Waals surface area contributed by atoms with E-state index in [9.17, 15) is 4.79 Å². The third-order valence-corrected chi connectivity index (χ3v) is 2.97. The number of carbonyl (C=O) groups is 1. The third-order valence-electron chi connectivity index (χ3n) is 2.97. The van der Waals surface area contributed by atoms with E-state index in [2.05, 4.69) is 9.97 Å². The fourth-order valence-corrected chi connectivity index (χ4v) is 2.09. The summed E-state index contributed by atoms with van der Waals surface area (Å²) in [7, 11) is 0. The van der Waals surface area contributed by atoms with Gasteiger partial charge in [-0.05, 0) is 19.3 Å². The molecule has 1 fully saturated rings. The van der Waals surface area contributed by atoms with Crippen molar-refractivity contribution in [2.75, 3.05) is 13.1 Å². The monoisotopic (exact) mass is 220 g/mol. The number of amides is 1. The van der Waals surface area contributed by atoms with Crippen LogP contribution in [0.2, 0.25) is 0 Å². The Morgan fingerprint density at radius 2 is 2.19 bits per heavy atom. The van der Waals surface area contributed by atoms with Crippen molar-refractivity contribution >= 4 is 5.91 Å². The average Bonchev–Trinajstić information content (AvgIpc) is 2.39. The van der Waals surface area contributed by atoms with E-state index in [1.165, 1.54) is 6.33 Å². The molecule has 0 spiro atoms. The summed E-state index contributed by atoms with van der Waals surface area (Å²) in [5.41, 5.74) is 6.23. The molecule has 0 aromatic carbocycles. The van der Waals surface area contributed by atoms with Gasteiger partial charge in [-0.3, -0.25) is 4.79 Å². The van der Waals surface area contributed by atoms with Crippen LogP contribution in [0.5, 0.6) is 0 Å². The highest BCUT2D eigenvalue weighted by Crippen LogP contribution is 2.18. The van der Waals surface area contributed by atoms with Gasteiger partial charge in [0.2, 0.25) is 0 Å². The quantitative estimate of drug-likeness (QED) is 0.784. The summed E-state index contributed by atoms with van der Waals surface area (Å²) in [6, 6.07) is 0.168. The van der Waals surface area contributed by atoms with E-state index in [1.54, 1.807) is 12.4 Å². The van der Waals surface area contributed by atoms with Gasteiger partial charge >= 0.3 is 0 Å². The summed E-state index contributed by atoms with van der Waals surface area (Å²) >= 11 is 0. The SMILES string of the molecule is NCC1CCCCN1C(=O)c1cncnc1. The number of hydrogen-bond acceptors (Lipinski definition) is 4. The number of nitrogens with zero attached hydrogens (tertiary/aromatic N) is 3. The molecule has 0 saturated carbocycles. The fraction of sp³-hybridized carbons (Fsp3) is 0.545. The van der Waals surface area contributed by atoms with Gasteiger partial charge in [-0.25, -0.2) is 9.97 Å². The molecule has 1 aliphatic heterocycles. The number of rotatable bonds is 2. The summed E-state index contributed by atoms with van der Waals surface area (Å²) in [4.78, 5) is 21.7. The van der Waals surface area contributed by atoms with Crippen molar-refractivity contribution in [3.63, 3.8) is 0 Å². The van der Waals surface area contributed by atoms with Gasteiger partial charge in [-0.15, -0.1) is 0 Å². The van der Waals surface area contributed by atoms with Gasteiger partial charge in [0, 0.05) is 31.5 Å². The van der Waals surface area contributed by atoms with Crippen molar-refractivity contribution in [1.29, 1.82) is 0 Å². The first-order chi connectivity index (χ1) is 7.83. The van der Waals surface area contributed by atoms with E-state index in [0.717, 1.165) is 25.8 Å². The lowest BCUT2D eigenvalue weighted by Gasteiger charge is -2.34. The number of hydrogen-bond donors (Lipinski definition) is 1. The summed E-state index contributed by atoms with van der Waals surface area (Å²) < 4.78 is 0. The van der Waals surface area contributed by atoms with Crippen LogP contribution >= 0.6 is 0 Å². The first-order valence-corrected chi connectivity index (χ1v) is 5.59. The van der Waals surface area contributed by atoms with E-state index in [-0.39, 0.29) is 11.9 Å². The molecule has 1 aromatic rings. The van der Waals surface area contributed by atoms with Gasteiger partial charge in [0.1, 0.15) is 6.33 Å². The molecule has 0 bridgehead atoms. The van der Waals surface area contributed by atoms with Crippen LogP contribution in [0.3, 0.4) is 0 Å². The largest absolute Gasteiger partial charge is 0.334 e. The Bertz CT molecular complexity index is 354. The molecule has 1 aromatic heterocycles.